The van der Waals surface area contributed by atoms with Gasteiger partial charge in [-0.1, -0.05) is 33.6 Å². The zero-order valence-corrected chi connectivity index (χ0v) is 14.0. The van der Waals surface area contributed by atoms with Crippen molar-refractivity contribution in [1.29, 1.82) is 0 Å². The Morgan fingerprint density at radius 2 is 1.75 bits per heavy atom. The molecule has 0 spiro atoms. The molecule has 1 atom stereocenters. The van der Waals surface area contributed by atoms with Crippen LogP contribution < -0.4 is 5.32 Å². The van der Waals surface area contributed by atoms with Crippen molar-refractivity contribution >= 4 is 0 Å². The van der Waals surface area contributed by atoms with E-state index in [1.807, 2.05) is 0 Å². The predicted octanol–water partition coefficient (Wildman–Crippen LogP) is 3.77. The molecule has 1 N–H and O–H groups in total. The Bertz CT molecular complexity index is 230. The molecular weight excluding hydrogens is 250 g/mol. The highest BCUT2D eigenvalue weighted by Gasteiger charge is 2.41. The molecule has 120 valence electrons. The molecule has 0 saturated carbocycles. The van der Waals surface area contributed by atoms with Crippen LogP contribution >= 0.6 is 0 Å². The maximum absolute atomic E-state index is 6.28. The standard InChI is InChI=1S/C17H35NO2/c1-5-11-18-16(14-15(6-2)7-3)17(20-8-4)9-12-19-13-10-17/h15-16,18H,5-14H2,1-4H3. The summed E-state index contributed by atoms with van der Waals surface area (Å²) < 4.78 is 11.9. The SMILES string of the molecule is CCCNC(CC(CC)CC)C1(OCC)CCOCC1. The van der Waals surface area contributed by atoms with Crippen molar-refractivity contribution in [1.82, 2.24) is 5.32 Å². The van der Waals surface area contributed by atoms with Gasteiger partial charge in [-0.25, -0.2) is 0 Å². The molecular formula is C17H35NO2. The van der Waals surface area contributed by atoms with Gasteiger partial charge in [-0.15, -0.1) is 0 Å². The van der Waals surface area contributed by atoms with Gasteiger partial charge in [0.25, 0.3) is 0 Å². The summed E-state index contributed by atoms with van der Waals surface area (Å²) in [7, 11) is 0. The molecule has 20 heavy (non-hydrogen) atoms. The molecule has 0 aliphatic carbocycles. The van der Waals surface area contributed by atoms with E-state index in [-0.39, 0.29) is 5.60 Å². The van der Waals surface area contributed by atoms with E-state index in [1.165, 1.54) is 25.7 Å². The Morgan fingerprint density at radius 3 is 2.25 bits per heavy atom. The second-order valence-corrected chi connectivity index (χ2v) is 6.04. The lowest BCUT2D eigenvalue weighted by molar-refractivity contribution is -0.130. The molecule has 3 heteroatoms. The van der Waals surface area contributed by atoms with Crippen molar-refractivity contribution in [3.8, 4) is 0 Å². The van der Waals surface area contributed by atoms with Crippen molar-refractivity contribution < 1.29 is 9.47 Å². The number of hydrogen-bond donors (Lipinski definition) is 1. The van der Waals surface area contributed by atoms with E-state index in [0.717, 1.165) is 45.1 Å². The van der Waals surface area contributed by atoms with Crippen LogP contribution in [0.5, 0.6) is 0 Å². The van der Waals surface area contributed by atoms with Crippen molar-refractivity contribution in [2.24, 2.45) is 5.92 Å². The lowest BCUT2D eigenvalue weighted by Gasteiger charge is -2.44. The van der Waals surface area contributed by atoms with Gasteiger partial charge in [0.05, 0.1) is 5.60 Å². The van der Waals surface area contributed by atoms with Crippen LogP contribution in [0.15, 0.2) is 0 Å². The van der Waals surface area contributed by atoms with Gasteiger partial charge in [0.15, 0.2) is 0 Å². The number of rotatable bonds is 10. The van der Waals surface area contributed by atoms with Crippen LogP contribution in [0, 0.1) is 5.92 Å². The van der Waals surface area contributed by atoms with Crippen LogP contribution in [0.1, 0.15) is 66.2 Å². The first-order valence-corrected chi connectivity index (χ1v) is 8.67. The predicted molar refractivity (Wildman–Crippen MR) is 85.2 cm³/mol. The van der Waals surface area contributed by atoms with E-state index < -0.39 is 0 Å². The normalized spacial score (nSPS) is 20.2. The van der Waals surface area contributed by atoms with E-state index >= 15 is 0 Å². The van der Waals surface area contributed by atoms with E-state index in [9.17, 15) is 0 Å². The first kappa shape index (κ1) is 17.9. The third kappa shape index (κ3) is 5.01. The summed E-state index contributed by atoms with van der Waals surface area (Å²) >= 11 is 0. The van der Waals surface area contributed by atoms with Crippen molar-refractivity contribution in [2.75, 3.05) is 26.4 Å². The average molecular weight is 285 g/mol. The summed E-state index contributed by atoms with van der Waals surface area (Å²) in [6, 6.07) is 0.469. The number of ether oxygens (including phenoxy) is 2. The van der Waals surface area contributed by atoms with Crippen molar-refractivity contribution in [3.05, 3.63) is 0 Å². The zero-order valence-electron chi connectivity index (χ0n) is 14.0. The Morgan fingerprint density at radius 1 is 1.10 bits per heavy atom. The van der Waals surface area contributed by atoms with Gasteiger partial charge in [0, 0.05) is 38.7 Å². The van der Waals surface area contributed by atoms with Gasteiger partial charge in [0.1, 0.15) is 0 Å². The van der Waals surface area contributed by atoms with Gasteiger partial charge in [-0.2, -0.15) is 0 Å². The van der Waals surface area contributed by atoms with E-state index in [2.05, 4.69) is 33.0 Å². The minimum Gasteiger partial charge on any atom is -0.381 e. The molecule has 0 aromatic heterocycles. The summed E-state index contributed by atoms with van der Waals surface area (Å²) in [4.78, 5) is 0. The zero-order chi connectivity index (χ0) is 14.8. The smallest absolute Gasteiger partial charge is 0.0878 e. The lowest BCUT2D eigenvalue weighted by Crippen LogP contribution is -2.56. The van der Waals surface area contributed by atoms with Crippen LogP contribution in [0.4, 0.5) is 0 Å². The maximum atomic E-state index is 6.28. The van der Waals surface area contributed by atoms with Crippen LogP contribution in [0.3, 0.4) is 0 Å². The van der Waals surface area contributed by atoms with E-state index in [0.29, 0.717) is 6.04 Å². The van der Waals surface area contributed by atoms with Gasteiger partial charge < -0.3 is 14.8 Å². The fraction of sp³-hybridized carbons (Fsp3) is 1.00. The molecule has 1 saturated heterocycles. The number of hydrogen-bond acceptors (Lipinski definition) is 3. The molecule has 1 aliphatic rings. The highest BCUT2D eigenvalue weighted by Crippen LogP contribution is 2.33. The van der Waals surface area contributed by atoms with Gasteiger partial charge in [-0.05, 0) is 32.2 Å². The molecule has 0 aromatic carbocycles. The molecule has 1 fully saturated rings. The molecule has 1 heterocycles. The molecule has 3 nitrogen and oxygen atoms in total. The number of nitrogens with one attached hydrogen (secondary N) is 1. The molecule has 0 bridgehead atoms. The van der Waals surface area contributed by atoms with Gasteiger partial charge in [-0.3, -0.25) is 0 Å². The van der Waals surface area contributed by atoms with Crippen LogP contribution in [-0.4, -0.2) is 38.0 Å². The average Bonchev–Trinajstić information content (AvgIpc) is 2.49. The minimum atomic E-state index is -0.00917. The second-order valence-electron chi connectivity index (χ2n) is 6.04. The molecule has 1 rings (SSSR count). The highest BCUT2D eigenvalue weighted by atomic mass is 16.5. The van der Waals surface area contributed by atoms with Crippen LogP contribution in [0.25, 0.3) is 0 Å². The third-order valence-electron chi connectivity index (χ3n) is 4.77. The molecule has 0 radical (unpaired) electrons. The lowest BCUT2D eigenvalue weighted by atomic mass is 9.80. The van der Waals surface area contributed by atoms with Crippen molar-refractivity contribution in [2.45, 2.75) is 77.9 Å². The third-order valence-corrected chi connectivity index (χ3v) is 4.77. The molecule has 1 unspecified atom stereocenters. The summed E-state index contributed by atoms with van der Waals surface area (Å²) in [6.45, 7) is 12.5. The monoisotopic (exact) mass is 285 g/mol. The molecule has 0 amide bonds. The quantitative estimate of drug-likeness (QED) is 0.663. The van der Waals surface area contributed by atoms with Gasteiger partial charge in [0.2, 0.25) is 0 Å². The Labute approximate surface area is 125 Å². The summed E-state index contributed by atoms with van der Waals surface area (Å²) in [5, 5.41) is 3.78. The molecule has 1 aliphatic heterocycles. The highest BCUT2D eigenvalue weighted by molar-refractivity contribution is 4.96. The van der Waals surface area contributed by atoms with Crippen LogP contribution in [-0.2, 0) is 9.47 Å². The Kier molecular flexibility index (Phi) is 8.74. The molecule has 0 aromatic rings. The fourth-order valence-electron chi connectivity index (χ4n) is 3.36. The largest absolute Gasteiger partial charge is 0.381 e. The first-order chi connectivity index (χ1) is 9.72. The van der Waals surface area contributed by atoms with Crippen LogP contribution in [0.2, 0.25) is 0 Å². The summed E-state index contributed by atoms with van der Waals surface area (Å²) in [6.07, 6.45) is 6.99. The Balaban J connectivity index is 2.79. The summed E-state index contributed by atoms with van der Waals surface area (Å²) in [5.74, 6) is 0.796. The van der Waals surface area contributed by atoms with Crippen molar-refractivity contribution in [3.63, 3.8) is 0 Å². The summed E-state index contributed by atoms with van der Waals surface area (Å²) in [5.41, 5.74) is -0.00917. The second kappa shape index (κ2) is 9.75. The Hall–Kier alpha value is -0.120. The maximum Gasteiger partial charge on any atom is 0.0878 e. The topological polar surface area (TPSA) is 30.5 Å². The minimum absolute atomic E-state index is 0.00917. The fourth-order valence-corrected chi connectivity index (χ4v) is 3.36. The van der Waals surface area contributed by atoms with E-state index in [4.69, 9.17) is 9.47 Å². The van der Waals surface area contributed by atoms with E-state index in [1.54, 1.807) is 0 Å². The first-order valence-electron chi connectivity index (χ1n) is 8.67. The van der Waals surface area contributed by atoms with Gasteiger partial charge >= 0.3 is 0 Å².